The summed E-state index contributed by atoms with van der Waals surface area (Å²) in [5.41, 5.74) is 4.37. The van der Waals surface area contributed by atoms with E-state index in [-0.39, 0.29) is 12.5 Å². The van der Waals surface area contributed by atoms with Gasteiger partial charge in [-0.1, -0.05) is 55.0 Å². The van der Waals surface area contributed by atoms with Gasteiger partial charge in [0.25, 0.3) is 0 Å². The minimum Gasteiger partial charge on any atom is -0.480 e. The Morgan fingerprint density at radius 2 is 1.62 bits per heavy atom. The number of fused-ring (bicyclic) bond motifs is 3. The number of carbonyl (C=O) groups is 3. The summed E-state index contributed by atoms with van der Waals surface area (Å²) >= 11 is 0. The van der Waals surface area contributed by atoms with Gasteiger partial charge in [0, 0.05) is 18.4 Å². The lowest BCUT2D eigenvalue weighted by molar-refractivity contribution is -0.143. The molecule has 3 unspecified atom stereocenters. The van der Waals surface area contributed by atoms with Gasteiger partial charge in [0.05, 0.1) is 5.92 Å². The molecule has 2 amide bonds. The molecule has 0 radical (unpaired) electrons. The Morgan fingerprint density at radius 3 is 2.21 bits per heavy atom. The van der Waals surface area contributed by atoms with Crippen molar-refractivity contribution >= 4 is 18.0 Å². The SMILES string of the molecule is O=C(NC1CCCC1C(=O)NC(CC(F)F)C(=O)O)OCC1c2ccccc2-c2ccccc21. The number of aliphatic carboxylic acids is 1. The fourth-order valence-electron chi connectivity index (χ4n) is 4.92. The highest BCUT2D eigenvalue weighted by Crippen LogP contribution is 2.44. The molecule has 2 aliphatic rings. The van der Waals surface area contributed by atoms with E-state index in [1.54, 1.807) is 0 Å². The molecule has 7 nitrogen and oxygen atoms in total. The van der Waals surface area contributed by atoms with Crippen LogP contribution in [0.4, 0.5) is 13.6 Å². The Hall–Kier alpha value is -3.49. The zero-order chi connectivity index (χ0) is 24.2. The Bertz CT molecular complexity index is 1030. The molecule has 0 saturated heterocycles. The number of carboxylic acid groups (broad SMARTS) is 1. The van der Waals surface area contributed by atoms with E-state index < -0.39 is 48.8 Å². The summed E-state index contributed by atoms with van der Waals surface area (Å²) in [4.78, 5) is 36.3. The predicted octanol–water partition coefficient (Wildman–Crippen LogP) is 3.92. The van der Waals surface area contributed by atoms with Crippen LogP contribution < -0.4 is 10.6 Å². The number of carbonyl (C=O) groups excluding carboxylic acids is 2. The van der Waals surface area contributed by atoms with E-state index in [2.05, 4.69) is 10.6 Å². The number of hydrogen-bond acceptors (Lipinski definition) is 4. The number of alkyl carbamates (subject to hydrolysis) is 1. The van der Waals surface area contributed by atoms with Gasteiger partial charge in [0.1, 0.15) is 12.6 Å². The Kier molecular flexibility index (Phi) is 7.09. The van der Waals surface area contributed by atoms with Crippen LogP contribution in [0.1, 0.15) is 42.7 Å². The normalized spacial score (nSPS) is 19.9. The van der Waals surface area contributed by atoms with Gasteiger partial charge in [0.15, 0.2) is 0 Å². The fourth-order valence-corrected chi connectivity index (χ4v) is 4.92. The van der Waals surface area contributed by atoms with Crippen molar-refractivity contribution in [3.05, 3.63) is 59.7 Å². The zero-order valence-corrected chi connectivity index (χ0v) is 18.4. The molecule has 9 heteroatoms. The van der Waals surface area contributed by atoms with Crippen LogP contribution in [0, 0.1) is 5.92 Å². The van der Waals surface area contributed by atoms with Crippen LogP contribution in [0.25, 0.3) is 11.1 Å². The summed E-state index contributed by atoms with van der Waals surface area (Å²) in [5, 5.41) is 14.0. The lowest BCUT2D eigenvalue weighted by Gasteiger charge is -2.23. The van der Waals surface area contributed by atoms with E-state index in [1.807, 2.05) is 48.5 Å². The topological polar surface area (TPSA) is 105 Å². The summed E-state index contributed by atoms with van der Waals surface area (Å²) in [6, 6.07) is 13.7. The molecule has 1 saturated carbocycles. The molecule has 0 aliphatic heterocycles. The Morgan fingerprint density at radius 1 is 1.00 bits per heavy atom. The van der Waals surface area contributed by atoms with Crippen molar-refractivity contribution in [2.24, 2.45) is 5.92 Å². The average Bonchev–Trinajstić information content (AvgIpc) is 3.39. The van der Waals surface area contributed by atoms with Crippen LogP contribution in [0.2, 0.25) is 0 Å². The summed E-state index contributed by atoms with van der Waals surface area (Å²) in [5.74, 6) is -2.99. The smallest absolute Gasteiger partial charge is 0.407 e. The van der Waals surface area contributed by atoms with Crippen LogP contribution in [0.5, 0.6) is 0 Å². The molecular formula is C25H26F2N2O5. The fraction of sp³-hybridized carbons (Fsp3) is 0.400. The van der Waals surface area contributed by atoms with E-state index in [0.29, 0.717) is 19.3 Å². The number of amides is 2. The molecule has 0 heterocycles. The van der Waals surface area contributed by atoms with Crippen molar-refractivity contribution in [1.82, 2.24) is 10.6 Å². The van der Waals surface area contributed by atoms with E-state index in [0.717, 1.165) is 22.3 Å². The number of rotatable bonds is 8. The van der Waals surface area contributed by atoms with Gasteiger partial charge in [-0.15, -0.1) is 0 Å². The van der Waals surface area contributed by atoms with Crippen LogP contribution >= 0.6 is 0 Å². The summed E-state index contributed by atoms with van der Waals surface area (Å²) in [6.07, 6.45) is -2.94. The maximum absolute atomic E-state index is 12.6. The molecule has 180 valence electrons. The molecule has 0 bridgehead atoms. The van der Waals surface area contributed by atoms with Crippen LogP contribution in [0.3, 0.4) is 0 Å². The second-order valence-corrected chi connectivity index (χ2v) is 8.64. The van der Waals surface area contributed by atoms with Crippen molar-refractivity contribution in [3.8, 4) is 11.1 Å². The van der Waals surface area contributed by atoms with Crippen molar-refractivity contribution in [1.29, 1.82) is 0 Å². The first-order valence-corrected chi connectivity index (χ1v) is 11.3. The predicted molar refractivity (Wildman–Crippen MR) is 120 cm³/mol. The lowest BCUT2D eigenvalue weighted by Crippen LogP contribution is -2.49. The van der Waals surface area contributed by atoms with Crippen molar-refractivity contribution in [2.75, 3.05) is 6.61 Å². The molecule has 2 aliphatic carbocycles. The number of hydrogen-bond donors (Lipinski definition) is 3. The van der Waals surface area contributed by atoms with E-state index in [1.165, 1.54) is 0 Å². The Labute approximate surface area is 195 Å². The van der Waals surface area contributed by atoms with Crippen molar-refractivity contribution in [2.45, 2.75) is 50.1 Å². The molecule has 0 aromatic heterocycles. The molecule has 2 aromatic carbocycles. The minimum absolute atomic E-state index is 0.105. The number of ether oxygens (including phenoxy) is 1. The highest BCUT2D eigenvalue weighted by molar-refractivity contribution is 5.86. The molecular weight excluding hydrogens is 446 g/mol. The Balaban J connectivity index is 1.36. The van der Waals surface area contributed by atoms with Crippen LogP contribution in [0.15, 0.2) is 48.5 Å². The van der Waals surface area contributed by atoms with Gasteiger partial charge in [0.2, 0.25) is 12.3 Å². The lowest BCUT2D eigenvalue weighted by atomic mass is 9.98. The van der Waals surface area contributed by atoms with E-state index >= 15 is 0 Å². The quantitative estimate of drug-likeness (QED) is 0.540. The van der Waals surface area contributed by atoms with Gasteiger partial charge in [-0.25, -0.2) is 18.4 Å². The first-order chi connectivity index (χ1) is 16.3. The highest BCUT2D eigenvalue weighted by Gasteiger charge is 2.37. The number of benzene rings is 2. The summed E-state index contributed by atoms with van der Waals surface area (Å²) < 4.78 is 30.8. The first kappa shape index (κ1) is 23.7. The largest absolute Gasteiger partial charge is 0.480 e. The number of halogens is 2. The van der Waals surface area contributed by atoms with Gasteiger partial charge < -0.3 is 20.5 Å². The van der Waals surface area contributed by atoms with Gasteiger partial charge in [-0.2, -0.15) is 0 Å². The van der Waals surface area contributed by atoms with E-state index in [9.17, 15) is 23.2 Å². The van der Waals surface area contributed by atoms with Crippen LogP contribution in [-0.2, 0) is 14.3 Å². The molecule has 1 fully saturated rings. The third kappa shape index (κ3) is 5.03. The molecule has 34 heavy (non-hydrogen) atoms. The zero-order valence-electron chi connectivity index (χ0n) is 18.4. The second kappa shape index (κ2) is 10.2. The third-order valence-electron chi connectivity index (χ3n) is 6.53. The second-order valence-electron chi connectivity index (χ2n) is 8.64. The maximum Gasteiger partial charge on any atom is 0.407 e. The maximum atomic E-state index is 12.6. The molecule has 4 rings (SSSR count). The highest BCUT2D eigenvalue weighted by atomic mass is 19.3. The minimum atomic E-state index is -2.86. The average molecular weight is 472 g/mol. The molecule has 0 spiro atoms. The third-order valence-corrected chi connectivity index (χ3v) is 6.53. The molecule has 3 atom stereocenters. The standard InChI is InChI=1S/C25H26F2N2O5/c26-22(27)12-21(24(31)32)28-23(30)18-10-5-11-20(18)29-25(33)34-13-19-16-8-3-1-6-14(16)15-7-2-4-9-17(15)19/h1-4,6-9,18-22H,5,10-13H2,(H,28,30)(H,29,33)(H,31,32). The monoisotopic (exact) mass is 472 g/mol. The number of alkyl halides is 2. The van der Waals surface area contributed by atoms with Crippen LogP contribution in [-0.4, -0.2) is 48.2 Å². The summed E-state index contributed by atoms with van der Waals surface area (Å²) in [6.45, 7) is 0.124. The molecule has 3 N–H and O–H groups in total. The van der Waals surface area contributed by atoms with Gasteiger partial charge in [-0.3, -0.25) is 4.79 Å². The van der Waals surface area contributed by atoms with Gasteiger partial charge >= 0.3 is 12.1 Å². The molecule has 2 aromatic rings. The van der Waals surface area contributed by atoms with Crippen molar-refractivity contribution in [3.63, 3.8) is 0 Å². The number of carboxylic acids is 1. The van der Waals surface area contributed by atoms with E-state index in [4.69, 9.17) is 9.84 Å². The van der Waals surface area contributed by atoms with Gasteiger partial charge in [-0.05, 0) is 35.1 Å². The summed E-state index contributed by atoms with van der Waals surface area (Å²) in [7, 11) is 0. The number of nitrogens with one attached hydrogen (secondary N) is 2. The first-order valence-electron chi connectivity index (χ1n) is 11.3. The van der Waals surface area contributed by atoms with Crippen molar-refractivity contribution < 1.29 is 33.0 Å².